The van der Waals surface area contributed by atoms with Crippen LogP contribution in [0.2, 0.25) is 0 Å². The standard InChI is InChI=1S/C23H27N9O9S2/c1-4-7-39-20(33)10-19-26-28-22(41-19)42-12-14-5-6-16(15(8-14)32(35)36)40-23(34)30(3)18-9-17-25-27-21(31(17)29-18)13(2)11-24-43(37)38/h5-6,8-9,13,24,29H,4,7,10-12H2,1-3H3,(H,37,38)/p-1. The number of carbonyl (C=O) groups is 2. The molecule has 0 aliphatic rings. The molecule has 0 aliphatic heterocycles. The largest absolute Gasteiger partial charge is 0.760 e. The van der Waals surface area contributed by atoms with E-state index in [1.54, 1.807) is 13.0 Å². The topological polar surface area (TPSA) is 236 Å². The zero-order chi connectivity index (χ0) is 31.1. The van der Waals surface area contributed by atoms with Gasteiger partial charge in [0.05, 0.1) is 11.5 Å². The van der Waals surface area contributed by atoms with Crippen molar-refractivity contribution >= 4 is 52.2 Å². The number of nitro benzene ring substituents is 1. The van der Waals surface area contributed by atoms with Gasteiger partial charge in [0.1, 0.15) is 12.2 Å². The molecule has 2 atom stereocenters. The van der Waals surface area contributed by atoms with Crippen molar-refractivity contribution in [2.75, 3.05) is 25.1 Å². The number of aromatic nitrogens is 6. The summed E-state index contributed by atoms with van der Waals surface area (Å²) in [5.41, 5.74) is 0.439. The Morgan fingerprint density at radius 1 is 1.28 bits per heavy atom. The Labute approximate surface area is 250 Å². The van der Waals surface area contributed by atoms with E-state index in [0.29, 0.717) is 30.1 Å². The van der Waals surface area contributed by atoms with E-state index in [4.69, 9.17) is 13.9 Å². The average Bonchev–Trinajstić information content (AvgIpc) is 3.70. The third-order valence-corrected chi connectivity index (χ3v) is 7.07. The molecule has 43 heavy (non-hydrogen) atoms. The lowest BCUT2D eigenvalue weighted by Crippen LogP contribution is -2.30. The Morgan fingerprint density at radius 3 is 2.79 bits per heavy atom. The van der Waals surface area contributed by atoms with Crippen molar-refractivity contribution in [1.29, 1.82) is 0 Å². The quantitative estimate of drug-likeness (QED) is 0.0664. The minimum Gasteiger partial charge on any atom is -0.760 e. The first-order valence-corrected chi connectivity index (χ1v) is 14.7. The van der Waals surface area contributed by atoms with Crippen LogP contribution >= 0.6 is 11.8 Å². The fraction of sp³-hybridized carbons (Fsp3) is 0.391. The number of amides is 1. The fourth-order valence-electron chi connectivity index (χ4n) is 3.61. The molecule has 0 bridgehead atoms. The molecule has 3 aromatic heterocycles. The lowest BCUT2D eigenvalue weighted by atomic mass is 10.2. The number of ether oxygens (including phenoxy) is 2. The third-order valence-electron chi connectivity index (χ3n) is 5.78. The Morgan fingerprint density at radius 2 is 2.07 bits per heavy atom. The molecule has 0 saturated carbocycles. The molecular formula is C23H26N9O9S2-. The van der Waals surface area contributed by atoms with Crippen molar-refractivity contribution in [2.45, 2.75) is 43.6 Å². The lowest BCUT2D eigenvalue weighted by molar-refractivity contribution is -0.385. The fourth-order valence-corrected chi connectivity index (χ4v) is 4.72. The number of aromatic amines is 1. The van der Waals surface area contributed by atoms with Gasteiger partial charge in [0.15, 0.2) is 11.5 Å². The van der Waals surface area contributed by atoms with Gasteiger partial charge in [-0.25, -0.2) is 14.0 Å². The van der Waals surface area contributed by atoms with Crippen LogP contribution in [-0.4, -0.2) is 76.0 Å². The summed E-state index contributed by atoms with van der Waals surface area (Å²) in [6.07, 6.45) is -0.395. The molecule has 0 spiro atoms. The van der Waals surface area contributed by atoms with Crippen molar-refractivity contribution in [3.8, 4) is 5.75 Å². The summed E-state index contributed by atoms with van der Waals surface area (Å²) >= 11 is -1.33. The highest BCUT2D eigenvalue weighted by Crippen LogP contribution is 2.31. The number of esters is 1. The molecule has 4 rings (SSSR count). The van der Waals surface area contributed by atoms with Crippen LogP contribution in [0.15, 0.2) is 33.9 Å². The second-order valence-electron chi connectivity index (χ2n) is 9.01. The van der Waals surface area contributed by atoms with Crippen molar-refractivity contribution in [1.82, 2.24) is 34.7 Å². The van der Waals surface area contributed by atoms with E-state index in [-0.39, 0.29) is 47.3 Å². The maximum atomic E-state index is 12.9. The van der Waals surface area contributed by atoms with Gasteiger partial charge < -0.3 is 18.4 Å². The third kappa shape index (κ3) is 8.12. The van der Waals surface area contributed by atoms with Crippen molar-refractivity contribution in [3.63, 3.8) is 0 Å². The molecule has 3 heterocycles. The summed E-state index contributed by atoms with van der Waals surface area (Å²) in [6.45, 7) is 3.98. The number of nitro groups is 1. The second-order valence-corrected chi connectivity index (χ2v) is 10.7. The Bertz CT molecular complexity index is 1640. The highest BCUT2D eigenvalue weighted by atomic mass is 32.2. The molecule has 0 saturated heterocycles. The van der Waals surface area contributed by atoms with Crippen LogP contribution in [0, 0.1) is 10.1 Å². The van der Waals surface area contributed by atoms with Crippen LogP contribution in [-0.2, 0) is 33.0 Å². The summed E-state index contributed by atoms with van der Waals surface area (Å²) in [5, 5.41) is 30.6. The maximum absolute atomic E-state index is 12.9. The van der Waals surface area contributed by atoms with Crippen molar-refractivity contribution in [2.24, 2.45) is 0 Å². The van der Waals surface area contributed by atoms with Gasteiger partial charge in [0.2, 0.25) is 11.6 Å². The van der Waals surface area contributed by atoms with E-state index in [2.05, 4.69) is 30.2 Å². The Kier molecular flexibility index (Phi) is 10.4. The highest BCUT2D eigenvalue weighted by Gasteiger charge is 2.24. The number of nitrogens with zero attached hydrogens (tertiary/aromatic N) is 7. The number of hydrogen-bond acceptors (Lipinski definition) is 14. The van der Waals surface area contributed by atoms with Crippen LogP contribution in [0.25, 0.3) is 5.65 Å². The van der Waals surface area contributed by atoms with Gasteiger partial charge in [-0.2, -0.15) is 0 Å². The van der Waals surface area contributed by atoms with E-state index in [1.165, 1.54) is 29.8 Å². The van der Waals surface area contributed by atoms with Crippen LogP contribution in [0.4, 0.5) is 16.3 Å². The Balaban J connectivity index is 1.40. The molecule has 0 aliphatic carbocycles. The average molecular weight is 637 g/mol. The van der Waals surface area contributed by atoms with Gasteiger partial charge in [-0.1, -0.05) is 31.7 Å². The zero-order valence-electron chi connectivity index (χ0n) is 23.0. The number of hydrogen-bond donors (Lipinski definition) is 2. The first kappa shape index (κ1) is 31.5. The number of nitrogens with one attached hydrogen (secondary N) is 2. The van der Waals surface area contributed by atoms with Crippen LogP contribution < -0.4 is 14.4 Å². The first-order chi connectivity index (χ1) is 20.5. The predicted molar refractivity (Wildman–Crippen MR) is 149 cm³/mol. The normalized spacial score (nSPS) is 12.7. The summed E-state index contributed by atoms with van der Waals surface area (Å²) < 4.78 is 41.1. The molecule has 0 fully saturated rings. The molecule has 1 amide bonds. The van der Waals surface area contributed by atoms with Crippen LogP contribution in [0.1, 0.15) is 43.5 Å². The van der Waals surface area contributed by atoms with Crippen molar-refractivity contribution < 1.29 is 37.2 Å². The summed E-state index contributed by atoms with van der Waals surface area (Å²) in [5.74, 6) is -0.146. The monoisotopic (exact) mass is 636 g/mol. The minimum atomic E-state index is -2.44. The molecule has 2 unspecified atom stereocenters. The second kappa shape index (κ2) is 14.2. The number of thioether (sulfide) groups is 1. The molecule has 230 valence electrons. The van der Waals surface area contributed by atoms with Gasteiger partial charge in [0, 0.05) is 48.7 Å². The van der Waals surface area contributed by atoms with Gasteiger partial charge in [-0.05, 0) is 18.1 Å². The van der Waals surface area contributed by atoms with E-state index in [9.17, 15) is 28.5 Å². The van der Waals surface area contributed by atoms with E-state index < -0.39 is 33.9 Å². The molecule has 0 radical (unpaired) electrons. The lowest BCUT2D eigenvalue weighted by Gasteiger charge is -2.15. The summed E-state index contributed by atoms with van der Waals surface area (Å²) in [4.78, 5) is 36.8. The highest BCUT2D eigenvalue weighted by molar-refractivity contribution is 7.98. The SMILES string of the molecule is CCCOC(=O)Cc1nnc(SCc2ccc(OC(=O)N(C)c3cc4nnc(C(C)CNS(=O)[O-])n4[nH]3)c([N+](=O)[O-])c2)o1. The van der Waals surface area contributed by atoms with E-state index in [1.807, 2.05) is 6.92 Å². The number of H-pyrrole nitrogens is 1. The smallest absolute Gasteiger partial charge is 0.420 e. The van der Waals surface area contributed by atoms with Gasteiger partial charge in [0.25, 0.3) is 5.22 Å². The number of anilines is 1. The van der Waals surface area contributed by atoms with Crippen LogP contribution in [0.3, 0.4) is 0 Å². The molecule has 2 N–H and O–H groups in total. The first-order valence-electron chi connectivity index (χ1n) is 12.7. The van der Waals surface area contributed by atoms with Gasteiger partial charge in [-0.15, -0.1) is 20.4 Å². The number of benzene rings is 1. The van der Waals surface area contributed by atoms with E-state index in [0.717, 1.165) is 16.7 Å². The number of rotatable bonds is 14. The molecule has 4 aromatic rings. The maximum Gasteiger partial charge on any atom is 0.420 e. The van der Waals surface area contributed by atoms with Gasteiger partial charge in [-0.3, -0.25) is 29.1 Å². The number of carbonyl (C=O) groups excluding carboxylic acids is 2. The zero-order valence-corrected chi connectivity index (χ0v) is 24.7. The number of fused-ring (bicyclic) bond motifs is 1. The summed E-state index contributed by atoms with van der Waals surface area (Å²) in [7, 11) is 1.39. The summed E-state index contributed by atoms with van der Waals surface area (Å²) in [6, 6.07) is 5.63. The molecule has 20 heteroatoms. The minimum absolute atomic E-state index is 0.0762. The Hall–Kier alpha value is -4.40. The molecule has 18 nitrogen and oxygen atoms in total. The van der Waals surface area contributed by atoms with E-state index >= 15 is 0 Å². The molecule has 1 aromatic carbocycles. The van der Waals surface area contributed by atoms with Crippen LogP contribution in [0.5, 0.6) is 5.75 Å². The predicted octanol–water partition coefficient (Wildman–Crippen LogP) is 2.26. The van der Waals surface area contributed by atoms with Crippen molar-refractivity contribution in [3.05, 3.63) is 51.7 Å². The van der Waals surface area contributed by atoms with Gasteiger partial charge >= 0.3 is 17.7 Å². The molecular weight excluding hydrogens is 610 g/mol.